The molecule has 0 radical (unpaired) electrons. The van der Waals surface area contributed by atoms with Crippen LogP contribution in [0.25, 0.3) is 5.57 Å². The van der Waals surface area contributed by atoms with E-state index < -0.39 is 16.7 Å². The summed E-state index contributed by atoms with van der Waals surface area (Å²) in [5.41, 5.74) is 1.11. The van der Waals surface area contributed by atoms with E-state index in [9.17, 15) is 19.7 Å². The molecule has 0 aliphatic carbocycles. The van der Waals surface area contributed by atoms with Gasteiger partial charge in [0.2, 0.25) is 0 Å². The molecule has 154 valence electrons. The third kappa shape index (κ3) is 4.35. The van der Waals surface area contributed by atoms with E-state index in [0.717, 1.165) is 21.6 Å². The van der Waals surface area contributed by atoms with E-state index in [2.05, 4.69) is 4.98 Å². The molecule has 31 heavy (non-hydrogen) atoms. The molecule has 0 fully saturated rings. The largest absolute Gasteiger partial charge is 0.269 e. The normalized spacial score (nSPS) is 13.8. The molecule has 2 heterocycles. The molecule has 0 bridgehead atoms. The number of thioether (sulfide) groups is 1. The van der Waals surface area contributed by atoms with Crippen LogP contribution in [0.5, 0.6) is 0 Å². The number of nitro groups is 1. The molecule has 3 aromatic rings. The number of hydrogen-bond donors (Lipinski definition) is 0. The van der Waals surface area contributed by atoms with E-state index in [1.807, 2.05) is 0 Å². The molecule has 1 aliphatic rings. The van der Waals surface area contributed by atoms with E-state index in [1.165, 1.54) is 24.3 Å². The Bertz CT molecular complexity index is 1200. The number of benzene rings is 2. The lowest BCUT2D eigenvalue weighted by atomic mass is 10.1. The van der Waals surface area contributed by atoms with Crippen LogP contribution in [0.1, 0.15) is 11.3 Å². The van der Waals surface area contributed by atoms with Gasteiger partial charge >= 0.3 is 0 Å². The first-order valence-electron chi connectivity index (χ1n) is 9.12. The zero-order chi connectivity index (χ0) is 22.0. The summed E-state index contributed by atoms with van der Waals surface area (Å²) in [4.78, 5) is 43.2. The van der Waals surface area contributed by atoms with Crippen LogP contribution in [0.2, 0.25) is 5.02 Å². The molecule has 0 atom stereocenters. The van der Waals surface area contributed by atoms with Crippen LogP contribution >= 0.6 is 23.4 Å². The van der Waals surface area contributed by atoms with Crippen molar-refractivity contribution in [2.45, 2.75) is 11.4 Å². The second-order valence-corrected chi connectivity index (χ2v) is 8.10. The van der Waals surface area contributed by atoms with Gasteiger partial charge in [0, 0.05) is 28.2 Å². The minimum absolute atomic E-state index is 0.0274. The van der Waals surface area contributed by atoms with E-state index in [4.69, 9.17) is 11.6 Å². The number of pyridine rings is 1. The van der Waals surface area contributed by atoms with Crippen molar-refractivity contribution in [3.05, 3.63) is 104 Å². The summed E-state index contributed by atoms with van der Waals surface area (Å²) >= 11 is 7.10. The number of rotatable bonds is 6. The molecule has 9 heteroatoms. The Labute approximate surface area is 186 Å². The number of halogens is 1. The molecular weight excluding hydrogens is 438 g/mol. The van der Waals surface area contributed by atoms with Gasteiger partial charge in [-0.25, -0.2) is 0 Å². The van der Waals surface area contributed by atoms with Crippen LogP contribution in [0.4, 0.5) is 5.69 Å². The Morgan fingerprint density at radius 2 is 1.68 bits per heavy atom. The van der Waals surface area contributed by atoms with Gasteiger partial charge in [-0.2, -0.15) is 0 Å². The Balaban J connectivity index is 1.74. The quantitative estimate of drug-likeness (QED) is 0.306. The van der Waals surface area contributed by atoms with E-state index in [-0.39, 0.29) is 22.7 Å². The van der Waals surface area contributed by atoms with Crippen LogP contribution in [-0.4, -0.2) is 26.6 Å². The monoisotopic (exact) mass is 451 g/mol. The highest BCUT2D eigenvalue weighted by Gasteiger charge is 2.39. The number of imide groups is 1. The summed E-state index contributed by atoms with van der Waals surface area (Å²) in [6.07, 6.45) is 1.59. The number of carbonyl (C=O) groups is 2. The predicted molar refractivity (Wildman–Crippen MR) is 117 cm³/mol. The fraction of sp³-hybridized carbons (Fsp3) is 0.0455. The van der Waals surface area contributed by atoms with Gasteiger partial charge in [-0.05, 0) is 54.1 Å². The average molecular weight is 452 g/mol. The molecule has 2 aromatic carbocycles. The van der Waals surface area contributed by atoms with Crippen molar-refractivity contribution >= 4 is 46.4 Å². The molecular formula is C22H14ClN3O4S. The molecule has 4 rings (SSSR count). The van der Waals surface area contributed by atoms with Gasteiger partial charge in [0.15, 0.2) is 0 Å². The third-order valence-corrected chi connectivity index (χ3v) is 5.91. The smallest absolute Gasteiger partial charge is 0.269 e. The first-order valence-corrected chi connectivity index (χ1v) is 10.3. The van der Waals surface area contributed by atoms with Gasteiger partial charge in [0.25, 0.3) is 17.5 Å². The molecule has 0 saturated carbocycles. The van der Waals surface area contributed by atoms with Gasteiger partial charge in [0.05, 0.1) is 27.6 Å². The van der Waals surface area contributed by atoms with Crippen molar-refractivity contribution in [2.24, 2.45) is 0 Å². The van der Waals surface area contributed by atoms with Crippen molar-refractivity contribution < 1.29 is 14.5 Å². The summed E-state index contributed by atoms with van der Waals surface area (Å²) in [6.45, 7) is 0.0274. The number of nitrogens with zero attached hydrogens (tertiary/aromatic N) is 3. The highest BCUT2D eigenvalue weighted by Crippen LogP contribution is 2.40. The number of aromatic nitrogens is 1. The molecule has 7 nitrogen and oxygen atoms in total. The summed E-state index contributed by atoms with van der Waals surface area (Å²) in [6, 6.07) is 17.7. The maximum atomic E-state index is 13.2. The Morgan fingerprint density at radius 1 is 0.968 bits per heavy atom. The van der Waals surface area contributed by atoms with Crippen molar-refractivity contribution in [3.8, 4) is 0 Å². The lowest BCUT2D eigenvalue weighted by Gasteiger charge is -2.14. The van der Waals surface area contributed by atoms with Crippen molar-refractivity contribution in [2.75, 3.05) is 0 Å². The summed E-state index contributed by atoms with van der Waals surface area (Å²) in [5, 5.41) is 11.5. The molecule has 1 aliphatic heterocycles. The maximum absolute atomic E-state index is 13.2. The third-order valence-electron chi connectivity index (χ3n) is 4.57. The first-order chi connectivity index (χ1) is 14.9. The second kappa shape index (κ2) is 8.71. The van der Waals surface area contributed by atoms with Gasteiger partial charge in [-0.15, -0.1) is 0 Å². The number of carbonyl (C=O) groups excluding carboxylic acids is 2. The minimum atomic E-state index is -0.517. The highest BCUT2D eigenvalue weighted by molar-refractivity contribution is 8.04. The zero-order valence-electron chi connectivity index (χ0n) is 15.9. The summed E-state index contributed by atoms with van der Waals surface area (Å²) < 4.78 is 0. The lowest BCUT2D eigenvalue weighted by molar-refractivity contribution is -0.384. The maximum Gasteiger partial charge on any atom is 0.269 e. The number of hydrogen-bond acceptors (Lipinski definition) is 6. The molecule has 0 unspecified atom stereocenters. The van der Waals surface area contributed by atoms with E-state index >= 15 is 0 Å². The minimum Gasteiger partial charge on any atom is -0.269 e. The van der Waals surface area contributed by atoms with E-state index in [1.54, 1.807) is 48.7 Å². The molecule has 1 aromatic heterocycles. The van der Waals surface area contributed by atoms with Crippen LogP contribution in [0.15, 0.2) is 82.7 Å². The van der Waals surface area contributed by atoms with Crippen molar-refractivity contribution in [3.63, 3.8) is 0 Å². The van der Waals surface area contributed by atoms with Crippen molar-refractivity contribution in [1.29, 1.82) is 0 Å². The van der Waals surface area contributed by atoms with Crippen molar-refractivity contribution in [1.82, 2.24) is 9.88 Å². The highest BCUT2D eigenvalue weighted by atomic mass is 35.5. The fourth-order valence-electron chi connectivity index (χ4n) is 3.07. The summed E-state index contributed by atoms with van der Waals surface area (Å²) in [5.74, 6) is -0.912. The topological polar surface area (TPSA) is 93.4 Å². The van der Waals surface area contributed by atoms with Gasteiger partial charge < -0.3 is 0 Å². The predicted octanol–water partition coefficient (Wildman–Crippen LogP) is 4.72. The van der Waals surface area contributed by atoms with Crippen LogP contribution in [-0.2, 0) is 16.1 Å². The summed E-state index contributed by atoms with van der Waals surface area (Å²) in [7, 11) is 0. The van der Waals surface area contributed by atoms with Crippen LogP contribution in [0, 0.1) is 10.1 Å². The number of amides is 2. The molecule has 2 amide bonds. The zero-order valence-corrected chi connectivity index (χ0v) is 17.5. The first kappa shape index (κ1) is 20.8. The fourth-order valence-corrected chi connectivity index (χ4v) is 4.21. The van der Waals surface area contributed by atoms with Crippen LogP contribution in [0.3, 0.4) is 0 Å². The van der Waals surface area contributed by atoms with Crippen LogP contribution < -0.4 is 0 Å². The van der Waals surface area contributed by atoms with Gasteiger partial charge in [-0.3, -0.25) is 29.6 Å². The molecule has 0 N–H and O–H groups in total. The average Bonchev–Trinajstić information content (AvgIpc) is 3.00. The van der Waals surface area contributed by atoms with Gasteiger partial charge in [-0.1, -0.05) is 29.4 Å². The van der Waals surface area contributed by atoms with Gasteiger partial charge in [0.1, 0.15) is 0 Å². The SMILES string of the molecule is O=C1C(Sc2ccc(Cl)cc2)=C(c2ccc([N+](=O)[O-])cc2)C(=O)N1Cc1ccccn1. The number of nitro benzene ring substituents is 1. The molecule has 0 saturated heterocycles. The Hall–Kier alpha value is -3.49. The Morgan fingerprint density at radius 3 is 2.29 bits per heavy atom. The Kier molecular flexibility index (Phi) is 5.83. The second-order valence-electron chi connectivity index (χ2n) is 6.58. The lowest BCUT2D eigenvalue weighted by Crippen LogP contribution is -2.31. The number of non-ortho nitro benzene ring substituents is 1. The standard InChI is InChI=1S/C22H14ClN3O4S/c23-15-6-10-18(11-7-15)31-20-19(14-4-8-17(9-5-14)26(29)30)21(27)25(22(20)28)13-16-3-1-2-12-24-16/h1-12H,13H2. The molecule has 0 spiro atoms. The van der Waals surface area contributed by atoms with E-state index in [0.29, 0.717) is 16.3 Å².